The van der Waals surface area contributed by atoms with Gasteiger partial charge >= 0.3 is 0 Å². The first-order valence-corrected chi connectivity index (χ1v) is 8.13. The van der Waals surface area contributed by atoms with Crippen LogP contribution in [0.3, 0.4) is 0 Å². The van der Waals surface area contributed by atoms with Gasteiger partial charge in [-0.2, -0.15) is 0 Å². The Kier molecular flexibility index (Phi) is 4.32. The standard InChI is InChI=1S/C19H22ClN/c1-3-21-19(15-10-9-13(2)11-18(15)20)17-12-16(17)14-7-5-4-6-8-14/h4-11,16-17,19,21H,3,12H2,1-2H3. The van der Waals surface area contributed by atoms with Crippen LogP contribution in [0.5, 0.6) is 0 Å². The maximum absolute atomic E-state index is 6.49. The summed E-state index contributed by atoms with van der Waals surface area (Å²) in [5.74, 6) is 1.31. The molecule has 21 heavy (non-hydrogen) atoms. The predicted molar refractivity (Wildman–Crippen MR) is 89.9 cm³/mol. The Morgan fingerprint density at radius 2 is 1.95 bits per heavy atom. The minimum Gasteiger partial charge on any atom is -0.310 e. The first-order valence-electron chi connectivity index (χ1n) is 7.75. The second-order valence-electron chi connectivity index (χ2n) is 5.98. The Hall–Kier alpha value is -1.31. The van der Waals surface area contributed by atoms with Crippen LogP contribution in [0.4, 0.5) is 0 Å². The Labute approximate surface area is 132 Å². The van der Waals surface area contributed by atoms with Crippen molar-refractivity contribution in [3.8, 4) is 0 Å². The third kappa shape index (κ3) is 3.14. The molecule has 1 aliphatic rings. The molecule has 3 rings (SSSR count). The van der Waals surface area contributed by atoms with E-state index in [1.807, 2.05) is 0 Å². The molecule has 2 heteroatoms. The molecule has 0 saturated heterocycles. The molecule has 1 nitrogen and oxygen atoms in total. The van der Waals surface area contributed by atoms with Gasteiger partial charge in [-0.05, 0) is 54.5 Å². The molecule has 1 N–H and O–H groups in total. The number of hydrogen-bond donors (Lipinski definition) is 1. The van der Waals surface area contributed by atoms with Gasteiger partial charge in [-0.25, -0.2) is 0 Å². The van der Waals surface area contributed by atoms with Crippen LogP contribution < -0.4 is 5.32 Å². The van der Waals surface area contributed by atoms with E-state index in [2.05, 4.69) is 67.7 Å². The first-order chi connectivity index (χ1) is 10.2. The summed E-state index contributed by atoms with van der Waals surface area (Å²) in [7, 11) is 0. The number of halogens is 1. The van der Waals surface area contributed by atoms with Crippen molar-refractivity contribution < 1.29 is 0 Å². The SMILES string of the molecule is CCNC(c1ccc(C)cc1Cl)C1CC1c1ccccc1. The van der Waals surface area contributed by atoms with Crippen molar-refractivity contribution in [1.29, 1.82) is 0 Å². The van der Waals surface area contributed by atoms with E-state index in [4.69, 9.17) is 11.6 Å². The summed E-state index contributed by atoms with van der Waals surface area (Å²) in [5, 5.41) is 4.53. The third-order valence-corrected chi connectivity index (χ3v) is 4.74. The molecular weight excluding hydrogens is 278 g/mol. The van der Waals surface area contributed by atoms with Crippen LogP contribution in [-0.4, -0.2) is 6.54 Å². The van der Waals surface area contributed by atoms with Gasteiger partial charge in [0.05, 0.1) is 0 Å². The molecular formula is C19H22ClN. The van der Waals surface area contributed by atoms with Crippen LogP contribution in [0, 0.1) is 12.8 Å². The number of benzene rings is 2. The lowest BCUT2D eigenvalue weighted by molar-refractivity contribution is 0.487. The number of hydrogen-bond acceptors (Lipinski definition) is 1. The lowest BCUT2D eigenvalue weighted by Crippen LogP contribution is -2.23. The topological polar surface area (TPSA) is 12.0 Å². The maximum Gasteiger partial charge on any atom is 0.0456 e. The summed E-state index contributed by atoms with van der Waals surface area (Å²) in [5.41, 5.74) is 3.91. The number of nitrogens with one attached hydrogen (secondary N) is 1. The number of aryl methyl sites for hydroxylation is 1. The van der Waals surface area contributed by atoms with Gasteiger partial charge in [0.1, 0.15) is 0 Å². The predicted octanol–water partition coefficient (Wildman–Crippen LogP) is 5.10. The second-order valence-corrected chi connectivity index (χ2v) is 6.38. The lowest BCUT2D eigenvalue weighted by atomic mass is 9.97. The van der Waals surface area contributed by atoms with E-state index in [1.165, 1.54) is 23.1 Å². The molecule has 0 radical (unpaired) electrons. The average molecular weight is 300 g/mol. The van der Waals surface area contributed by atoms with Crippen molar-refractivity contribution in [3.63, 3.8) is 0 Å². The highest BCUT2D eigenvalue weighted by Crippen LogP contribution is 2.54. The minimum atomic E-state index is 0.355. The van der Waals surface area contributed by atoms with E-state index in [9.17, 15) is 0 Å². The largest absolute Gasteiger partial charge is 0.310 e. The quantitative estimate of drug-likeness (QED) is 0.809. The van der Waals surface area contributed by atoms with E-state index in [0.717, 1.165) is 11.6 Å². The molecule has 0 spiro atoms. The summed E-state index contributed by atoms with van der Waals surface area (Å²) in [6.07, 6.45) is 1.24. The van der Waals surface area contributed by atoms with Crippen molar-refractivity contribution in [2.45, 2.75) is 32.2 Å². The summed E-state index contributed by atoms with van der Waals surface area (Å²) in [6, 6.07) is 17.6. The van der Waals surface area contributed by atoms with Crippen molar-refractivity contribution in [2.24, 2.45) is 5.92 Å². The second kappa shape index (κ2) is 6.21. The molecule has 1 fully saturated rings. The molecule has 0 aliphatic heterocycles. The molecule has 1 aliphatic carbocycles. The first kappa shape index (κ1) is 14.6. The van der Waals surface area contributed by atoms with Crippen LogP contribution in [0.15, 0.2) is 48.5 Å². The van der Waals surface area contributed by atoms with Crippen molar-refractivity contribution >= 4 is 11.6 Å². The van der Waals surface area contributed by atoms with E-state index in [1.54, 1.807) is 0 Å². The normalized spacial score (nSPS) is 22.0. The van der Waals surface area contributed by atoms with Crippen LogP contribution in [0.2, 0.25) is 5.02 Å². The average Bonchev–Trinajstić information content (AvgIpc) is 3.27. The molecule has 2 aromatic rings. The zero-order valence-corrected chi connectivity index (χ0v) is 13.4. The van der Waals surface area contributed by atoms with Crippen molar-refractivity contribution in [2.75, 3.05) is 6.54 Å². The molecule has 2 aromatic carbocycles. The van der Waals surface area contributed by atoms with Crippen LogP contribution in [-0.2, 0) is 0 Å². The number of rotatable bonds is 5. The van der Waals surface area contributed by atoms with Gasteiger partial charge in [-0.3, -0.25) is 0 Å². The summed E-state index contributed by atoms with van der Waals surface area (Å²) in [6.45, 7) is 5.21. The van der Waals surface area contributed by atoms with Gasteiger partial charge in [0, 0.05) is 11.1 Å². The highest BCUT2D eigenvalue weighted by molar-refractivity contribution is 6.31. The zero-order chi connectivity index (χ0) is 14.8. The van der Waals surface area contributed by atoms with Crippen molar-refractivity contribution in [1.82, 2.24) is 5.32 Å². The van der Waals surface area contributed by atoms with Gasteiger partial charge in [0.2, 0.25) is 0 Å². The Balaban J connectivity index is 1.83. The fourth-order valence-corrected chi connectivity index (χ4v) is 3.62. The van der Waals surface area contributed by atoms with Crippen LogP contribution in [0.1, 0.15) is 42.0 Å². The third-order valence-electron chi connectivity index (χ3n) is 4.41. The summed E-state index contributed by atoms with van der Waals surface area (Å²) in [4.78, 5) is 0. The van der Waals surface area contributed by atoms with Gasteiger partial charge in [0.15, 0.2) is 0 Å². The summed E-state index contributed by atoms with van der Waals surface area (Å²) >= 11 is 6.49. The minimum absolute atomic E-state index is 0.355. The maximum atomic E-state index is 6.49. The Bertz CT molecular complexity index is 608. The van der Waals surface area contributed by atoms with E-state index in [0.29, 0.717) is 17.9 Å². The molecule has 0 heterocycles. The van der Waals surface area contributed by atoms with Crippen LogP contribution >= 0.6 is 11.6 Å². The van der Waals surface area contributed by atoms with E-state index >= 15 is 0 Å². The zero-order valence-electron chi connectivity index (χ0n) is 12.6. The molecule has 3 unspecified atom stereocenters. The highest BCUT2D eigenvalue weighted by atomic mass is 35.5. The molecule has 0 aromatic heterocycles. The van der Waals surface area contributed by atoms with Gasteiger partial charge in [0.25, 0.3) is 0 Å². The highest BCUT2D eigenvalue weighted by Gasteiger charge is 2.44. The van der Waals surface area contributed by atoms with E-state index in [-0.39, 0.29) is 0 Å². The van der Waals surface area contributed by atoms with Gasteiger partial charge in [-0.1, -0.05) is 61.0 Å². The molecule has 0 bridgehead atoms. The van der Waals surface area contributed by atoms with E-state index < -0.39 is 0 Å². The smallest absolute Gasteiger partial charge is 0.0456 e. The summed E-state index contributed by atoms with van der Waals surface area (Å²) < 4.78 is 0. The lowest BCUT2D eigenvalue weighted by Gasteiger charge is -2.20. The molecule has 110 valence electrons. The fourth-order valence-electron chi connectivity index (χ4n) is 3.26. The van der Waals surface area contributed by atoms with Crippen molar-refractivity contribution in [3.05, 3.63) is 70.2 Å². The molecule has 1 saturated carbocycles. The van der Waals surface area contributed by atoms with Gasteiger partial charge in [-0.15, -0.1) is 0 Å². The molecule has 0 amide bonds. The monoisotopic (exact) mass is 299 g/mol. The van der Waals surface area contributed by atoms with Gasteiger partial charge < -0.3 is 5.32 Å². The Morgan fingerprint density at radius 3 is 2.62 bits per heavy atom. The Morgan fingerprint density at radius 1 is 1.19 bits per heavy atom. The molecule has 3 atom stereocenters. The fraction of sp³-hybridized carbons (Fsp3) is 0.368. The van der Waals surface area contributed by atoms with Crippen LogP contribution in [0.25, 0.3) is 0 Å².